The van der Waals surface area contributed by atoms with E-state index in [9.17, 15) is 18.4 Å². The molecule has 3 aromatic carbocycles. The zero-order chi connectivity index (χ0) is 17.1. The molecule has 2 nitrogen and oxygen atoms in total. The molecule has 3 aromatic rings. The molecule has 0 fully saturated rings. The highest BCUT2D eigenvalue weighted by Crippen LogP contribution is 2.21. The molecule has 4 heteroatoms. The van der Waals surface area contributed by atoms with E-state index in [4.69, 9.17) is 0 Å². The maximum Gasteiger partial charge on any atom is 0.196 e. The van der Waals surface area contributed by atoms with Crippen LogP contribution in [0.1, 0.15) is 31.8 Å². The summed E-state index contributed by atoms with van der Waals surface area (Å²) in [5, 5.41) is 0. The van der Waals surface area contributed by atoms with Crippen LogP contribution in [0.4, 0.5) is 8.78 Å². The minimum atomic E-state index is -0.671. The fourth-order valence-corrected chi connectivity index (χ4v) is 2.46. The first kappa shape index (κ1) is 15.7. The molecule has 0 aliphatic rings. The van der Waals surface area contributed by atoms with Gasteiger partial charge in [0.2, 0.25) is 0 Å². The maximum absolute atomic E-state index is 13.9. The molecule has 0 amide bonds. The van der Waals surface area contributed by atoms with Crippen molar-refractivity contribution in [3.63, 3.8) is 0 Å². The van der Waals surface area contributed by atoms with Crippen LogP contribution in [0.25, 0.3) is 0 Å². The number of benzene rings is 3. The standard InChI is InChI=1S/C20H12F2O2/c21-17-11-5-3-9-15(17)19(23)13-7-1-2-8-14(13)20(24)16-10-4-6-12-18(16)22/h1-12H. The predicted octanol–water partition coefficient (Wildman–Crippen LogP) is 4.43. The summed E-state index contributed by atoms with van der Waals surface area (Å²) in [5.41, 5.74) is -0.190. The first-order valence-electron chi connectivity index (χ1n) is 7.27. The van der Waals surface area contributed by atoms with Gasteiger partial charge in [-0.3, -0.25) is 9.59 Å². The highest BCUT2D eigenvalue weighted by Gasteiger charge is 2.22. The molecule has 0 aromatic heterocycles. The normalized spacial score (nSPS) is 10.4. The van der Waals surface area contributed by atoms with Gasteiger partial charge in [-0.15, -0.1) is 0 Å². The second kappa shape index (κ2) is 6.54. The lowest BCUT2D eigenvalue weighted by Gasteiger charge is -2.09. The fraction of sp³-hybridized carbons (Fsp3) is 0. The molecule has 0 radical (unpaired) electrons. The first-order chi connectivity index (χ1) is 11.6. The van der Waals surface area contributed by atoms with Crippen molar-refractivity contribution in [3.8, 4) is 0 Å². The van der Waals surface area contributed by atoms with Gasteiger partial charge in [-0.25, -0.2) is 8.78 Å². The van der Waals surface area contributed by atoms with E-state index in [0.29, 0.717) is 0 Å². The summed E-state index contributed by atoms with van der Waals surface area (Å²) in [6.45, 7) is 0. The van der Waals surface area contributed by atoms with E-state index in [-0.39, 0.29) is 22.3 Å². The Kier molecular flexibility index (Phi) is 4.29. The van der Waals surface area contributed by atoms with Gasteiger partial charge >= 0.3 is 0 Å². The molecule has 0 saturated heterocycles. The highest BCUT2D eigenvalue weighted by atomic mass is 19.1. The van der Waals surface area contributed by atoms with E-state index >= 15 is 0 Å². The lowest BCUT2D eigenvalue weighted by Crippen LogP contribution is -2.13. The van der Waals surface area contributed by atoms with Crippen molar-refractivity contribution >= 4 is 11.6 Å². The molecule has 0 bridgehead atoms. The van der Waals surface area contributed by atoms with Crippen LogP contribution in [0.5, 0.6) is 0 Å². The van der Waals surface area contributed by atoms with Crippen molar-refractivity contribution in [2.45, 2.75) is 0 Å². The molecular weight excluding hydrogens is 310 g/mol. The van der Waals surface area contributed by atoms with Crippen molar-refractivity contribution in [3.05, 3.63) is 107 Å². The molecule has 24 heavy (non-hydrogen) atoms. The van der Waals surface area contributed by atoms with Gasteiger partial charge in [-0.05, 0) is 24.3 Å². The van der Waals surface area contributed by atoms with Crippen LogP contribution in [0.3, 0.4) is 0 Å². The molecule has 0 spiro atoms. The van der Waals surface area contributed by atoms with E-state index in [1.54, 1.807) is 12.1 Å². The summed E-state index contributed by atoms with van der Waals surface area (Å²) in [4.78, 5) is 25.2. The van der Waals surface area contributed by atoms with E-state index in [2.05, 4.69) is 0 Å². The summed E-state index contributed by atoms with van der Waals surface area (Å²) in [5.74, 6) is -2.58. The average Bonchev–Trinajstić information content (AvgIpc) is 2.61. The van der Waals surface area contributed by atoms with Crippen LogP contribution in [0.15, 0.2) is 72.8 Å². The minimum Gasteiger partial charge on any atom is -0.288 e. The van der Waals surface area contributed by atoms with Crippen LogP contribution in [-0.2, 0) is 0 Å². The Morgan fingerprint density at radius 2 is 0.792 bits per heavy atom. The Hall–Kier alpha value is -3.14. The summed E-state index contributed by atoms with van der Waals surface area (Å²) < 4.78 is 27.8. The molecule has 118 valence electrons. The van der Waals surface area contributed by atoms with Crippen molar-refractivity contribution in [1.82, 2.24) is 0 Å². The molecular formula is C20H12F2O2. The second-order valence-corrected chi connectivity index (χ2v) is 5.16. The fourth-order valence-electron chi connectivity index (χ4n) is 2.46. The Morgan fingerprint density at radius 1 is 0.500 bits per heavy atom. The van der Waals surface area contributed by atoms with Gasteiger partial charge in [0.15, 0.2) is 11.6 Å². The summed E-state index contributed by atoms with van der Waals surface area (Å²) in [6.07, 6.45) is 0. The third kappa shape index (κ3) is 2.86. The number of halogens is 2. The molecule has 0 unspecified atom stereocenters. The van der Waals surface area contributed by atoms with Crippen LogP contribution in [0.2, 0.25) is 0 Å². The zero-order valence-corrected chi connectivity index (χ0v) is 12.5. The Balaban J connectivity index is 2.09. The number of hydrogen-bond acceptors (Lipinski definition) is 2. The second-order valence-electron chi connectivity index (χ2n) is 5.16. The highest BCUT2D eigenvalue weighted by molar-refractivity contribution is 6.19. The number of rotatable bonds is 4. The molecule has 0 saturated carbocycles. The van der Waals surface area contributed by atoms with Crippen molar-refractivity contribution < 1.29 is 18.4 Å². The molecule has 0 atom stereocenters. The van der Waals surface area contributed by atoms with E-state index in [0.717, 1.165) is 0 Å². The summed E-state index contributed by atoms with van der Waals surface area (Å²) >= 11 is 0. The van der Waals surface area contributed by atoms with Crippen LogP contribution >= 0.6 is 0 Å². The van der Waals surface area contributed by atoms with Gasteiger partial charge in [-0.2, -0.15) is 0 Å². The van der Waals surface area contributed by atoms with Gasteiger partial charge < -0.3 is 0 Å². The first-order valence-corrected chi connectivity index (χ1v) is 7.27. The molecule has 0 aliphatic carbocycles. The summed E-state index contributed by atoms with van der Waals surface area (Å²) in [6, 6.07) is 17.1. The predicted molar refractivity (Wildman–Crippen MR) is 86.1 cm³/mol. The SMILES string of the molecule is O=C(c1ccccc1F)c1ccccc1C(=O)c1ccccc1F. The number of carbonyl (C=O) groups excluding carboxylic acids is 2. The molecule has 3 rings (SSSR count). The largest absolute Gasteiger partial charge is 0.288 e. The van der Waals surface area contributed by atoms with Crippen LogP contribution < -0.4 is 0 Å². The minimum absolute atomic E-state index is 0.0378. The Morgan fingerprint density at radius 3 is 1.12 bits per heavy atom. The van der Waals surface area contributed by atoms with Gasteiger partial charge in [0.05, 0.1) is 11.1 Å². The lowest BCUT2D eigenvalue weighted by molar-refractivity contribution is 0.0999. The van der Waals surface area contributed by atoms with Crippen LogP contribution in [-0.4, -0.2) is 11.6 Å². The average molecular weight is 322 g/mol. The van der Waals surface area contributed by atoms with Crippen LogP contribution in [0, 0.1) is 11.6 Å². The smallest absolute Gasteiger partial charge is 0.196 e. The number of ketones is 2. The molecule has 0 N–H and O–H groups in total. The van der Waals surface area contributed by atoms with Crippen molar-refractivity contribution in [2.24, 2.45) is 0 Å². The third-order valence-electron chi connectivity index (χ3n) is 3.65. The van der Waals surface area contributed by atoms with Gasteiger partial charge in [0.1, 0.15) is 11.6 Å². The zero-order valence-electron chi connectivity index (χ0n) is 12.5. The van der Waals surface area contributed by atoms with E-state index < -0.39 is 23.2 Å². The lowest BCUT2D eigenvalue weighted by atomic mass is 9.93. The maximum atomic E-state index is 13.9. The van der Waals surface area contributed by atoms with Crippen molar-refractivity contribution in [2.75, 3.05) is 0 Å². The number of hydrogen-bond donors (Lipinski definition) is 0. The monoisotopic (exact) mass is 322 g/mol. The van der Waals surface area contributed by atoms with Gasteiger partial charge in [0, 0.05) is 11.1 Å². The Bertz CT molecular complexity index is 856. The van der Waals surface area contributed by atoms with Gasteiger partial charge in [-0.1, -0.05) is 48.5 Å². The summed E-state index contributed by atoms with van der Waals surface area (Å²) in [7, 11) is 0. The molecule has 0 aliphatic heterocycles. The molecule has 0 heterocycles. The van der Waals surface area contributed by atoms with E-state index in [1.807, 2.05) is 0 Å². The topological polar surface area (TPSA) is 34.1 Å². The van der Waals surface area contributed by atoms with E-state index in [1.165, 1.54) is 60.7 Å². The van der Waals surface area contributed by atoms with Crippen molar-refractivity contribution in [1.29, 1.82) is 0 Å². The van der Waals surface area contributed by atoms with Gasteiger partial charge in [0.25, 0.3) is 0 Å². The number of carbonyl (C=O) groups is 2. The third-order valence-corrected chi connectivity index (χ3v) is 3.65. The Labute approximate surface area is 137 Å². The quantitative estimate of drug-likeness (QED) is 0.666.